The molecule has 1 atom stereocenters. The zero-order valence-electron chi connectivity index (χ0n) is 9.62. The molecule has 0 fully saturated rings. The number of hydrogen-bond acceptors (Lipinski definition) is 2. The van der Waals surface area contributed by atoms with Gasteiger partial charge in [-0.05, 0) is 31.4 Å². The van der Waals surface area contributed by atoms with E-state index in [1.807, 2.05) is 24.3 Å². The lowest BCUT2D eigenvalue weighted by molar-refractivity contribution is -0.112. The molecule has 0 spiro atoms. The van der Waals surface area contributed by atoms with E-state index in [1.165, 1.54) is 0 Å². The van der Waals surface area contributed by atoms with Crippen molar-refractivity contribution in [2.24, 2.45) is 0 Å². The van der Waals surface area contributed by atoms with Gasteiger partial charge >= 0.3 is 0 Å². The highest BCUT2D eigenvalue weighted by molar-refractivity contribution is 9.10. The van der Waals surface area contributed by atoms with Crippen LogP contribution in [0.5, 0.6) is 5.75 Å². The number of carbonyl (C=O) groups excluding carboxylic acids is 1. The molecule has 1 aliphatic rings. The highest BCUT2D eigenvalue weighted by Gasteiger charge is 2.35. The van der Waals surface area contributed by atoms with E-state index in [-0.39, 0.29) is 0 Å². The fraction of sp³-hybridized carbons (Fsp3) is 0.357. The molecule has 0 aliphatic carbocycles. The molecule has 2 nitrogen and oxygen atoms in total. The molecular formula is C14H15BrO2. The number of allylic oxidation sites excluding steroid dienone is 1. The number of fused-ring (bicyclic) bond motifs is 1. The topological polar surface area (TPSA) is 26.3 Å². The van der Waals surface area contributed by atoms with Gasteiger partial charge in [0.1, 0.15) is 12.0 Å². The van der Waals surface area contributed by atoms with E-state index in [0.717, 1.165) is 34.9 Å². The third-order valence-electron chi connectivity index (χ3n) is 3.24. The Balaban J connectivity index is 2.55. The van der Waals surface area contributed by atoms with Crippen molar-refractivity contribution in [2.45, 2.75) is 24.7 Å². The second kappa shape index (κ2) is 5.05. The molecular weight excluding hydrogens is 280 g/mol. The summed E-state index contributed by atoms with van der Waals surface area (Å²) in [6, 6.07) is 5.86. The molecule has 1 aliphatic heterocycles. The highest BCUT2D eigenvalue weighted by atomic mass is 79.9. The number of ether oxygens (including phenoxy) is 1. The molecule has 0 radical (unpaired) electrons. The number of halogens is 1. The Morgan fingerprint density at radius 2 is 2.35 bits per heavy atom. The smallest absolute Gasteiger partial charge is 0.130 e. The fourth-order valence-electron chi connectivity index (χ4n) is 2.37. The second-order valence-corrected chi connectivity index (χ2v) is 5.27. The van der Waals surface area contributed by atoms with Crippen molar-refractivity contribution in [3.63, 3.8) is 0 Å². The summed E-state index contributed by atoms with van der Waals surface area (Å²) in [6.45, 7) is 4.42. The minimum atomic E-state index is -0.464. The lowest BCUT2D eigenvalue weighted by Crippen LogP contribution is -2.26. The molecule has 1 aromatic rings. The van der Waals surface area contributed by atoms with E-state index in [4.69, 9.17) is 4.74 Å². The van der Waals surface area contributed by atoms with Gasteiger partial charge in [-0.25, -0.2) is 0 Å². The highest BCUT2D eigenvalue weighted by Crippen LogP contribution is 2.40. The summed E-state index contributed by atoms with van der Waals surface area (Å²) < 4.78 is 6.68. The molecule has 1 aromatic carbocycles. The summed E-state index contributed by atoms with van der Waals surface area (Å²) in [5.74, 6) is 0.811. The van der Waals surface area contributed by atoms with Crippen LogP contribution in [0.1, 0.15) is 24.8 Å². The average Bonchev–Trinajstić information content (AvgIpc) is 2.50. The summed E-state index contributed by atoms with van der Waals surface area (Å²) in [6.07, 6.45) is 5.23. The van der Waals surface area contributed by atoms with Gasteiger partial charge in [-0.3, -0.25) is 0 Å². The minimum absolute atomic E-state index is 0.464. The van der Waals surface area contributed by atoms with Gasteiger partial charge < -0.3 is 9.53 Å². The molecule has 1 unspecified atom stereocenters. The summed E-state index contributed by atoms with van der Waals surface area (Å²) >= 11 is 3.43. The number of benzene rings is 1. The zero-order valence-corrected chi connectivity index (χ0v) is 11.2. The first-order chi connectivity index (χ1) is 8.22. The van der Waals surface area contributed by atoms with Gasteiger partial charge in [0.15, 0.2) is 0 Å². The lowest BCUT2D eigenvalue weighted by Gasteiger charge is -2.26. The SMILES string of the molecule is C=CCC1(C=O)CCCOc2cc(Br)ccc21. The first-order valence-corrected chi connectivity index (χ1v) is 6.51. The van der Waals surface area contributed by atoms with E-state index in [1.54, 1.807) is 0 Å². The fourth-order valence-corrected chi connectivity index (χ4v) is 2.71. The largest absolute Gasteiger partial charge is 0.493 e. The van der Waals surface area contributed by atoms with Crippen molar-refractivity contribution in [2.75, 3.05) is 6.61 Å². The molecule has 0 amide bonds. The van der Waals surface area contributed by atoms with Crippen LogP contribution in [0.25, 0.3) is 0 Å². The van der Waals surface area contributed by atoms with Crippen molar-refractivity contribution in [1.82, 2.24) is 0 Å². The van der Waals surface area contributed by atoms with Gasteiger partial charge in [-0.1, -0.05) is 28.1 Å². The maximum atomic E-state index is 11.6. The number of hydrogen-bond donors (Lipinski definition) is 0. The Labute approximate surface area is 110 Å². The van der Waals surface area contributed by atoms with Gasteiger partial charge in [0.2, 0.25) is 0 Å². The molecule has 0 bridgehead atoms. The standard InChI is InChI=1S/C14H15BrO2/c1-2-6-14(10-16)7-3-8-17-13-9-11(15)4-5-12(13)14/h2,4-5,9-10H,1,3,6-8H2. The van der Waals surface area contributed by atoms with E-state index < -0.39 is 5.41 Å². The van der Waals surface area contributed by atoms with E-state index in [9.17, 15) is 4.79 Å². The molecule has 0 N–H and O–H groups in total. The van der Waals surface area contributed by atoms with Gasteiger partial charge in [-0.2, -0.15) is 0 Å². The van der Waals surface area contributed by atoms with Crippen LogP contribution in [-0.2, 0) is 10.2 Å². The predicted octanol–water partition coefficient (Wildman–Crippen LogP) is 3.63. The van der Waals surface area contributed by atoms with Crippen molar-refractivity contribution in [3.05, 3.63) is 40.9 Å². The molecule has 0 aromatic heterocycles. The molecule has 3 heteroatoms. The van der Waals surface area contributed by atoms with Crippen LogP contribution in [0, 0.1) is 0 Å². The Morgan fingerprint density at radius 3 is 3.06 bits per heavy atom. The predicted molar refractivity (Wildman–Crippen MR) is 71.4 cm³/mol. The maximum Gasteiger partial charge on any atom is 0.130 e. The summed E-state index contributed by atoms with van der Waals surface area (Å²) in [5.41, 5.74) is 0.516. The molecule has 17 heavy (non-hydrogen) atoms. The second-order valence-electron chi connectivity index (χ2n) is 4.36. The third kappa shape index (κ3) is 2.29. The molecule has 0 saturated heterocycles. The van der Waals surface area contributed by atoms with Crippen LogP contribution in [0.3, 0.4) is 0 Å². The van der Waals surface area contributed by atoms with Crippen molar-refractivity contribution < 1.29 is 9.53 Å². The van der Waals surface area contributed by atoms with Gasteiger partial charge in [0.25, 0.3) is 0 Å². The van der Waals surface area contributed by atoms with Gasteiger partial charge in [0.05, 0.1) is 12.0 Å². The summed E-state index contributed by atoms with van der Waals surface area (Å²) in [7, 11) is 0. The molecule has 0 saturated carbocycles. The Hall–Kier alpha value is -1.09. The average molecular weight is 295 g/mol. The van der Waals surface area contributed by atoms with E-state index >= 15 is 0 Å². The van der Waals surface area contributed by atoms with Gasteiger partial charge in [-0.15, -0.1) is 6.58 Å². The van der Waals surface area contributed by atoms with E-state index in [2.05, 4.69) is 22.5 Å². The lowest BCUT2D eigenvalue weighted by atomic mass is 9.75. The first-order valence-electron chi connectivity index (χ1n) is 5.72. The van der Waals surface area contributed by atoms with Crippen LogP contribution in [0.15, 0.2) is 35.3 Å². The van der Waals surface area contributed by atoms with E-state index in [0.29, 0.717) is 13.0 Å². The first kappa shape index (κ1) is 12.4. The number of aldehydes is 1. The van der Waals surface area contributed by atoms with Crippen LogP contribution >= 0.6 is 15.9 Å². The summed E-state index contributed by atoms with van der Waals surface area (Å²) in [4.78, 5) is 11.6. The normalized spacial score (nSPS) is 23.1. The zero-order chi connectivity index (χ0) is 12.3. The number of carbonyl (C=O) groups is 1. The minimum Gasteiger partial charge on any atom is -0.493 e. The molecule has 2 rings (SSSR count). The van der Waals surface area contributed by atoms with Gasteiger partial charge in [0, 0.05) is 10.0 Å². The number of rotatable bonds is 3. The molecule has 1 heterocycles. The Kier molecular flexibility index (Phi) is 3.67. The molecule has 90 valence electrons. The van der Waals surface area contributed by atoms with Crippen LogP contribution in [0.4, 0.5) is 0 Å². The Morgan fingerprint density at radius 1 is 1.53 bits per heavy atom. The van der Waals surface area contributed by atoms with Crippen LogP contribution in [-0.4, -0.2) is 12.9 Å². The Bertz CT molecular complexity index is 442. The quantitative estimate of drug-likeness (QED) is 0.628. The van der Waals surface area contributed by atoms with Crippen molar-refractivity contribution in [1.29, 1.82) is 0 Å². The maximum absolute atomic E-state index is 11.6. The third-order valence-corrected chi connectivity index (χ3v) is 3.73. The monoisotopic (exact) mass is 294 g/mol. The van der Waals surface area contributed by atoms with Crippen molar-refractivity contribution in [3.8, 4) is 5.75 Å². The van der Waals surface area contributed by atoms with Crippen molar-refractivity contribution >= 4 is 22.2 Å². The van der Waals surface area contributed by atoms with Crippen LogP contribution in [0.2, 0.25) is 0 Å². The van der Waals surface area contributed by atoms with Crippen LogP contribution < -0.4 is 4.74 Å². The summed E-state index contributed by atoms with van der Waals surface area (Å²) in [5, 5.41) is 0.